The fourth-order valence-electron chi connectivity index (χ4n) is 2.03. The van der Waals surface area contributed by atoms with Crippen molar-refractivity contribution in [2.45, 2.75) is 38.8 Å². The Hall–Kier alpha value is -1.55. The summed E-state index contributed by atoms with van der Waals surface area (Å²) in [6.07, 6.45) is 1.57. The molecule has 1 aromatic rings. The van der Waals surface area contributed by atoms with Gasteiger partial charge in [-0.25, -0.2) is 0 Å². The highest BCUT2D eigenvalue weighted by Crippen LogP contribution is 2.27. The van der Waals surface area contributed by atoms with Gasteiger partial charge in [-0.2, -0.15) is 0 Å². The minimum Gasteiger partial charge on any atom is -0.483 e. The second-order valence-electron chi connectivity index (χ2n) is 5.24. The zero-order valence-corrected chi connectivity index (χ0v) is 11.7. The number of carbonyl (C=O) groups excluding carboxylic acids is 1. The first-order valence-electron chi connectivity index (χ1n) is 6.66. The summed E-state index contributed by atoms with van der Waals surface area (Å²) in [4.78, 5) is 13.6. The molecule has 0 spiro atoms. The Morgan fingerprint density at radius 2 is 2.21 bits per heavy atom. The van der Waals surface area contributed by atoms with Gasteiger partial charge in [0.05, 0.1) is 6.10 Å². The van der Waals surface area contributed by atoms with Gasteiger partial charge in [0.15, 0.2) is 6.61 Å². The van der Waals surface area contributed by atoms with Crippen molar-refractivity contribution in [1.82, 2.24) is 4.90 Å². The Bertz CT molecular complexity index is 466. The molecule has 0 aromatic heterocycles. The van der Waals surface area contributed by atoms with Gasteiger partial charge in [-0.3, -0.25) is 4.79 Å². The molecule has 1 saturated carbocycles. The normalized spacial score (nSPS) is 16.0. The lowest BCUT2D eigenvalue weighted by atomic mass is 10.1. The minimum atomic E-state index is -0.605. The molecule has 2 rings (SSSR count). The molecule has 0 bridgehead atoms. The Kier molecular flexibility index (Phi) is 4.10. The van der Waals surface area contributed by atoms with Crippen LogP contribution in [0.15, 0.2) is 18.2 Å². The van der Waals surface area contributed by atoms with Gasteiger partial charge in [0.25, 0.3) is 5.91 Å². The maximum atomic E-state index is 11.9. The molecule has 4 nitrogen and oxygen atoms in total. The van der Waals surface area contributed by atoms with Crippen LogP contribution >= 0.6 is 0 Å². The standard InChI is InChI=1S/C15H21NO3/c1-10-4-7-14(13(8-10)11(2)17)19-9-15(18)16(3)12-5-6-12/h4,7-8,11-12,17H,5-6,9H2,1-3H3/t11-/m0/s1. The summed E-state index contributed by atoms with van der Waals surface area (Å²) >= 11 is 0. The Labute approximate surface area is 114 Å². The highest BCUT2D eigenvalue weighted by atomic mass is 16.5. The van der Waals surface area contributed by atoms with Crippen molar-refractivity contribution in [3.8, 4) is 5.75 Å². The van der Waals surface area contributed by atoms with E-state index in [0.29, 0.717) is 11.8 Å². The first kappa shape index (κ1) is 13.9. The zero-order valence-electron chi connectivity index (χ0n) is 11.7. The van der Waals surface area contributed by atoms with Crippen LogP contribution in [0.2, 0.25) is 0 Å². The lowest BCUT2D eigenvalue weighted by molar-refractivity contribution is -0.132. The molecule has 19 heavy (non-hydrogen) atoms. The molecule has 0 radical (unpaired) electrons. The molecule has 104 valence electrons. The maximum Gasteiger partial charge on any atom is 0.260 e. The second kappa shape index (κ2) is 5.61. The molecule has 0 saturated heterocycles. The molecule has 1 atom stereocenters. The Morgan fingerprint density at radius 3 is 2.79 bits per heavy atom. The predicted molar refractivity (Wildman–Crippen MR) is 73.1 cm³/mol. The van der Waals surface area contributed by atoms with E-state index in [1.54, 1.807) is 11.8 Å². The number of likely N-dealkylation sites (N-methyl/N-ethyl adjacent to an activating group) is 1. The first-order valence-corrected chi connectivity index (χ1v) is 6.66. The van der Waals surface area contributed by atoms with E-state index in [-0.39, 0.29) is 12.5 Å². The fourth-order valence-corrected chi connectivity index (χ4v) is 2.03. The molecule has 1 aliphatic rings. The summed E-state index contributed by atoms with van der Waals surface area (Å²) in [5.41, 5.74) is 1.78. The number of aliphatic hydroxyl groups excluding tert-OH is 1. The number of ether oxygens (including phenoxy) is 1. The smallest absolute Gasteiger partial charge is 0.260 e. The largest absolute Gasteiger partial charge is 0.483 e. The molecule has 0 aliphatic heterocycles. The summed E-state index contributed by atoms with van der Waals surface area (Å²) in [7, 11) is 1.81. The molecule has 4 heteroatoms. The Morgan fingerprint density at radius 1 is 1.53 bits per heavy atom. The molecule has 1 aromatic carbocycles. The predicted octanol–water partition coefficient (Wildman–Crippen LogP) is 2.05. The van der Waals surface area contributed by atoms with E-state index in [0.717, 1.165) is 24.0 Å². The fraction of sp³-hybridized carbons (Fsp3) is 0.533. The van der Waals surface area contributed by atoms with Crippen molar-refractivity contribution in [3.05, 3.63) is 29.3 Å². The lowest BCUT2D eigenvalue weighted by Gasteiger charge is -2.18. The molecule has 0 unspecified atom stereocenters. The molecule has 1 amide bonds. The van der Waals surface area contributed by atoms with Gasteiger partial charge < -0.3 is 14.7 Å². The van der Waals surface area contributed by atoms with Crippen LogP contribution in [0.5, 0.6) is 5.75 Å². The molecule has 0 heterocycles. The number of hydrogen-bond donors (Lipinski definition) is 1. The number of nitrogens with zero attached hydrogens (tertiary/aromatic N) is 1. The number of aryl methyl sites for hydroxylation is 1. The molecule has 1 aliphatic carbocycles. The first-order chi connectivity index (χ1) is 8.99. The molecular weight excluding hydrogens is 242 g/mol. The Balaban J connectivity index is 2.00. The van der Waals surface area contributed by atoms with Crippen LogP contribution in [0.4, 0.5) is 0 Å². The third kappa shape index (κ3) is 3.47. The van der Waals surface area contributed by atoms with Gasteiger partial charge in [-0.1, -0.05) is 11.6 Å². The van der Waals surface area contributed by atoms with Gasteiger partial charge in [0.1, 0.15) is 5.75 Å². The van der Waals surface area contributed by atoms with E-state index in [4.69, 9.17) is 4.74 Å². The number of carbonyl (C=O) groups is 1. The lowest BCUT2D eigenvalue weighted by Crippen LogP contribution is -2.33. The third-order valence-electron chi connectivity index (χ3n) is 3.45. The highest BCUT2D eigenvalue weighted by Gasteiger charge is 2.29. The van der Waals surface area contributed by atoms with Crippen LogP contribution in [-0.4, -0.2) is 35.6 Å². The summed E-state index contributed by atoms with van der Waals surface area (Å²) < 4.78 is 5.56. The summed E-state index contributed by atoms with van der Waals surface area (Å²) in [6, 6.07) is 6.00. The van der Waals surface area contributed by atoms with Crippen LogP contribution in [-0.2, 0) is 4.79 Å². The molecule has 1 N–H and O–H groups in total. The van der Waals surface area contributed by atoms with Crippen LogP contribution in [0.3, 0.4) is 0 Å². The number of aliphatic hydroxyl groups is 1. The van der Waals surface area contributed by atoms with Crippen molar-refractivity contribution in [2.75, 3.05) is 13.7 Å². The van der Waals surface area contributed by atoms with E-state index in [1.807, 2.05) is 32.2 Å². The van der Waals surface area contributed by atoms with E-state index in [1.165, 1.54) is 0 Å². The van der Waals surface area contributed by atoms with Crippen LogP contribution in [0, 0.1) is 6.92 Å². The van der Waals surface area contributed by atoms with Gasteiger partial charge in [-0.05, 0) is 38.8 Å². The van der Waals surface area contributed by atoms with Crippen LogP contribution in [0.1, 0.15) is 37.0 Å². The molecular formula is C15H21NO3. The van der Waals surface area contributed by atoms with Crippen LogP contribution in [0.25, 0.3) is 0 Å². The SMILES string of the molecule is Cc1ccc(OCC(=O)N(C)C2CC2)c([C@H](C)O)c1. The summed E-state index contributed by atoms with van der Waals surface area (Å²) in [6.45, 7) is 3.68. The van der Waals surface area contributed by atoms with Gasteiger partial charge >= 0.3 is 0 Å². The monoisotopic (exact) mass is 263 g/mol. The van der Waals surface area contributed by atoms with Crippen molar-refractivity contribution in [3.63, 3.8) is 0 Å². The topological polar surface area (TPSA) is 49.8 Å². The average Bonchev–Trinajstić information content (AvgIpc) is 3.20. The maximum absolute atomic E-state index is 11.9. The number of hydrogen-bond acceptors (Lipinski definition) is 3. The third-order valence-corrected chi connectivity index (χ3v) is 3.45. The highest BCUT2D eigenvalue weighted by molar-refractivity contribution is 5.78. The van der Waals surface area contributed by atoms with Crippen molar-refractivity contribution >= 4 is 5.91 Å². The number of amides is 1. The molecule has 1 fully saturated rings. The second-order valence-corrected chi connectivity index (χ2v) is 5.24. The van der Waals surface area contributed by atoms with Crippen molar-refractivity contribution in [2.24, 2.45) is 0 Å². The zero-order chi connectivity index (χ0) is 14.0. The van der Waals surface area contributed by atoms with E-state index in [2.05, 4.69) is 0 Å². The van der Waals surface area contributed by atoms with E-state index in [9.17, 15) is 9.90 Å². The average molecular weight is 263 g/mol. The quantitative estimate of drug-likeness (QED) is 0.884. The van der Waals surface area contributed by atoms with E-state index < -0.39 is 6.10 Å². The van der Waals surface area contributed by atoms with E-state index >= 15 is 0 Å². The van der Waals surface area contributed by atoms with Gasteiger partial charge in [-0.15, -0.1) is 0 Å². The number of rotatable bonds is 5. The summed E-state index contributed by atoms with van der Waals surface area (Å²) in [5.74, 6) is 0.567. The number of benzene rings is 1. The minimum absolute atomic E-state index is 0.0142. The van der Waals surface area contributed by atoms with Crippen LogP contribution < -0.4 is 4.74 Å². The van der Waals surface area contributed by atoms with Gasteiger partial charge in [0, 0.05) is 18.7 Å². The van der Waals surface area contributed by atoms with Crippen molar-refractivity contribution < 1.29 is 14.6 Å². The summed E-state index contributed by atoms with van der Waals surface area (Å²) in [5, 5.41) is 9.73. The van der Waals surface area contributed by atoms with Gasteiger partial charge in [0.2, 0.25) is 0 Å². The van der Waals surface area contributed by atoms with Crippen molar-refractivity contribution in [1.29, 1.82) is 0 Å².